The van der Waals surface area contributed by atoms with Gasteiger partial charge in [0.25, 0.3) is 0 Å². The predicted octanol–water partition coefficient (Wildman–Crippen LogP) is 4.61. The Morgan fingerprint density at radius 3 is 2.22 bits per heavy atom. The zero-order valence-electron chi connectivity index (χ0n) is 21.9. The summed E-state index contributed by atoms with van der Waals surface area (Å²) in [5, 5.41) is 11.7. The van der Waals surface area contributed by atoms with Crippen molar-refractivity contribution in [2.75, 3.05) is 0 Å². The van der Waals surface area contributed by atoms with Gasteiger partial charge in [-0.05, 0) is 76.4 Å². The molecular formula is C29H38BNO5. The molecule has 3 heterocycles. The predicted molar refractivity (Wildman–Crippen MR) is 140 cm³/mol. The minimum Gasteiger partial charge on any atom is -0.445 e. The molecule has 2 atom stereocenters. The van der Waals surface area contributed by atoms with Crippen LogP contribution in [-0.4, -0.2) is 52.1 Å². The summed E-state index contributed by atoms with van der Waals surface area (Å²) in [6, 6.07) is 17.9. The molecule has 36 heavy (non-hydrogen) atoms. The third-order valence-electron chi connectivity index (χ3n) is 8.52. The fraction of sp³-hybridized carbons (Fsp3) is 0.552. The Kier molecular flexibility index (Phi) is 6.69. The van der Waals surface area contributed by atoms with Crippen LogP contribution < -0.4 is 5.46 Å². The first-order valence-electron chi connectivity index (χ1n) is 13.2. The number of rotatable bonds is 5. The maximum absolute atomic E-state index is 13.0. The summed E-state index contributed by atoms with van der Waals surface area (Å²) in [6.45, 7) is 8.48. The summed E-state index contributed by atoms with van der Waals surface area (Å²) in [5.41, 5.74) is 1.35. The molecule has 2 aromatic carbocycles. The van der Waals surface area contributed by atoms with Gasteiger partial charge in [0, 0.05) is 18.5 Å². The number of hydrogen-bond donors (Lipinski definition) is 1. The van der Waals surface area contributed by atoms with Crippen LogP contribution in [0.5, 0.6) is 0 Å². The van der Waals surface area contributed by atoms with Crippen LogP contribution in [0, 0.1) is 0 Å². The quantitative estimate of drug-likeness (QED) is 0.619. The van der Waals surface area contributed by atoms with Crippen molar-refractivity contribution in [1.29, 1.82) is 0 Å². The minimum absolute atomic E-state index is 0.00273. The van der Waals surface area contributed by atoms with E-state index in [0.29, 0.717) is 19.3 Å². The molecule has 2 unspecified atom stereocenters. The molecule has 3 aliphatic rings. The van der Waals surface area contributed by atoms with Gasteiger partial charge in [-0.2, -0.15) is 0 Å². The fourth-order valence-electron chi connectivity index (χ4n) is 5.97. The van der Waals surface area contributed by atoms with Crippen LogP contribution in [0.25, 0.3) is 0 Å². The van der Waals surface area contributed by atoms with Gasteiger partial charge in [-0.3, -0.25) is 0 Å². The van der Waals surface area contributed by atoms with Crippen LogP contribution in [-0.2, 0) is 27.1 Å². The molecule has 3 aliphatic heterocycles. The Morgan fingerprint density at radius 2 is 1.58 bits per heavy atom. The number of ether oxygens (including phenoxy) is 1. The van der Waals surface area contributed by atoms with Gasteiger partial charge in [-0.1, -0.05) is 54.6 Å². The Labute approximate surface area is 215 Å². The van der Waals surface area contributed by atoms with Gasteiger partial charge in [-0.25, -0.2) is 4.79 Å². The summed E-state index contributed by atoms with van der Waals surface area (Å²) in [7, 11) is -0.426. The molecule has 192 valence electrons. The average Bonchev–Trinajstić information content (AvgIpc) is 3.04. The van der Waals surface area contributed by atoms with E-state index in [1.807, 2.05) is 47.4 Å². The third-order valence-corrected chi connectivity index (χ3v) is 8.52. The summed E-state index contributed by atoms with van der Waals surface area (Å²) >= 11 is 0. The second kappa shape index (κ2) is 9.51. The van der Waals surface area contributed by atoms with E-state index in [-0.39, 0.29) is 24.8 Å². The van der Waals surface area contributed by atoms with Crippen LogP contribution in [0.15, 0.2) is 54.6 Å². The van der Waals surface area contributed by atoms with E-state index in [0.717, 1.165) is 35.9 Å². The maximum atomic E-state index is 13.0. The highest BCUT2D eigenvalue weighted by molar-refractivity contribution is 6.62. The molecule has 0 aliphatic carbocycles. The first kappa shape index (κ1) is 25.3. The number of hydrogen-bond acceptors (Lipinski definition) is 5. The monoisotopic (exact) mass is 491 g/mol. The van der Waals surface area contributed by atoms with E-state index in [9.17, 15) is 9.90 Å². The van der Waals surface area contributed by atoms with Crippen molar-refractivity contribution in [2.45, 2.75) is 102 Å². The van der Waals surface area contributed by atoms with Gasteiger partial charge < -0.3 is 24.1 Å². The van der Waals surface area contributed by atoms with E-state index in [1.54, 1.807) is 0 Å². The Morgan fingerprint density at radius 1 is 0.972 bits per heavy atom. The molecule has 0 saturated carbocycles. The average molecular weight is 491 g/mol. The van der Waals surface area contributed by atoms with Crippen LogP contribution in [0.1, 0.15) is 70.9 Å². The largest absolute Gasteiger partial charge is 0.494 e. The lowest BCUT2D eigenvalue weighted by Crippen LogP contribution is -2.60. The van der Waals surface area contributed by atoms with E-state index in [4.69, 9.17) is 14.0 Å². The zero-order valence-corrected chi connectivity index (χ0v) is 21.9. The lowest BCUT2D eigenvalue weighted by Gasteiger charge is -2.51. The number of aliphatic hydroxyl groups is 1. The smallest absolute Gasteiger partial charge is 0.445 e. The van der Waals surface area contributed by atoms with E-state index < -0.39 is 23.9 Å². The Balaban J connectivity index is 1.26. The van der Waals surface area contributed by atoms with Gasteiger partial charge in [0.05, 0.1) is 16.8 Å². The molecule has 2 bridgehead atoms. The first-order valence-corrected chi connectivity index (χ1v) is 13.2. The zero-order chi connectivity index (χ0) is 25.6. The SMILES string of the molecule is CC1(C)OB(c2cccc(CC3(O)CC4CCCC(C3)N4C(=O)OCc3ccccc3)c2)OC1(C)C. The van der Waals surface area contributed by atoms with Crippen molar-refractivity contribution >= 4 is 18.7 Å². The van der Waals surface area contributed by atoms with Gasteiger partial charge >= 0.3 is 13.2 Å². The lowest BCUT2D eigenvalue weighted by molar-refractivity contribution is -0.0845. The molecule has 7 heteroatoms. The Bertz CT molecular complexity index is 1060. The molecule has 3 saturated heterocycles. The molecule has 1 N–H and O–H groups in total. The topological polar surface area (TPSA) is 68.2 Å². The number of amides is 1. The molecule has 2 aromatic rings. The van der Waals surface area contributed by atoms with Gasteiger partial charge in [-0.15, -0.1) is 0 Å². The lowest BCUT2D eigenvalue weighted by atomic mass is 9.72. The molecule has 1 amide bonds. The van der Waals surface area contributed by atoms with Crippen molar-refractivity contribution < 1.29 is 23.9 Å². The standard InChI is InChI=1S/C29H38BNO5/c1-27(2)28(3,4)36-30(35-27)23-13-8-12-22(16-23)17-29(33)18-24-14-9-15-25(19-29)31(24)26(32)34-20-21-10-6-5-7-11-21/h5-8,10-13,16,24-25,33H,9,14-15,17-20H2,1-4H3. The number of carbonyl (C=O) groups excluding carboxylic acids is 1. The highest BCUT2D eigenvalue weighted by atomic mass is 16.7. The van der Waals surface area contributed by atoms with Crippen molar-refractivity contribution in [3.63, 3.8) is 0 Å². The van der Waals surface area contributed by atoms with Crippen molar-refractivity contribution in [2.24, 2.45) is 0 Å². The number of fused-ring (bicyclic) bond motifs is 2. The Hall–Kier alpha value is -2.35. The normalized spacial score (nSPS) is 28.7. The second-order valence-electron chi connectivity index (χ2n) is 11.8. The van der Waals surface area contributed by atoms with E-state index in [1.165, 1.54) is 0 Å². The van der Waals surface area contributed by atoms with Crippen LogP contribution in [0.2, 0.25) is 0 Å². The maximum Gasteiger partial charge on any atom is 0.494 e. The van der Waals surface area contributed by atoms with E-state index in [2.05, 4.69) is 39.8 Å². The fourth-order valence-corrected chi connectivity index (χ4v) is 5.97. The molecule has 0 radical (unpaired) electrons. The van der Waals surface area contributed by atoms with Crippen LogP contribution >= 0.6 is 0 Å². The van der Waals surface area contributed by atoms with Gasteiger partial charge in [0.15, 0.2) is 0 Å². The molecule has 6 nitrogen and oxygen atoms in total. The molecule has 3 fully saturated rings. The number of carbonyl (C=O) groups is 1. The molecule has 0 spiro atoms. The van der Waals surface area contributed by atoms with Crippen molar-refractivity contribution in [1.82, 2.24) is 4.90 Å². The van der Waals surface area contributed by atoms with Crippen LogP contribution in [0.4, 0.5) is 4.79 Å². The summed E-state index contributed by atoms with van der Waals surface area (Å²) in [6.07, 6.45) is 4.26. The summed E-state index contributed by atoms with van der Waals surface area (Å²) in [5.74, 6) is 0. The summed E-state index contributed by atoms with van der Waals surface area (Å²) in [4.78, 5) is 14.9. The first-order chi connectivity index (χ1) is 17.1. The number of benzene rings is 2. The molecule has 5 rings (SSSR count). The number of nitrogens with zero attached hydrogens (tertiary/aromatic N) is 1. The van der Waals surface area contributed by atoms with Crippen LogP contribution in [0.3, 0.4) is 0 Å². The molecule has 0 aromatic heterocycles. The van der Waals surface area contributed by atoms with Crippen molar-refractivity contribution in [3.8, 4) is 0 Å². The summed E-state index contributed by atoms with van der Waals surface area (Å²) < 4.78 is 18.1. The molecular weight excluding hydrogens is 453 g/mol. The third kappa shape index (κ3) is 5.06. The highest BCUT2D eigenvalue weighted by Gasteiger charge is 2.52. The second-order valence-corrected chi connectivity index (χ2v) is 11.8. The minimum atomic E-state index is -0.861. The number of piperidine rings is 2. The van der Waals surface area contributed by atoms with E-state index >= 15 is 0 Å². The van der Waals surface area contributed by atoms with Crippen molar-refractivity contribution in [3.05, 3.63) is 65.7 Å². The highest BCUT2D eigenvalue weighted by Crippen LogP contribution is 2.41. The van der Waals surface area contributed by atoms with Gasteiger partial charge in [0.2, 0.25) is 0 Å². The van der Waals surface area contributed by atoms with Gasteiger partial charge in [0.1, 0.15) is 6.61 Å².